The average Bonchev–Trinajstić information content (AvgIpc) is 3.15. The van der Waals surface area contributed by atoms with Gasteiger partial charge < -0.3 is 10.0 Å². The van der Waals surface area contributed by atoms with E-state index in [1.54, 1.807) is 17.4 Å². The number of thiophene rings is 1. The largest absolute Gasteiger partial charge is 0.508 e. The van der Waals surface area contributed by atoms with E-state index in [0.717, 1.165) is 18.4 Å². The van der Waals surface area contributed by atoms with Crippen molar-refractivity contribution in [3.8, 4) is 5.75 Å². The number of hydrogen-bond donors (Lipinski definition) is 1. The number of nitrogens with zero attached hydrogens (tertiary/aromatic N) is 1. The molecule has 1 amide bonds. The van der Waals surface area contributed by atoms with E-state index >= 15 is 0 Å². The van der Waals surface area contributed by atoms with Gasteiger partial charge in [0.25, 0.3) is 5.91 Å². The van der Waals surface area contributed by atoms with Crippen LogP contribution in [0.3, 0.4) is 0 Å². The Labute approximate surface area is 126 Å². The third-order valence-electron chi connectivity index (χ3n) is 3.36. The highest BCUT2D eigenvalue weighted by molar-refractivity contribution is 7.07. The molecule has 1 aliphatic carbocycles. The van der Waals surface area contributed by atoms with Crippen molar-refractivity contribution in [2.45, 2.75) is 25.4 Å². The maximum atomic E-state index is 12.7. The van der Waals surface area contributed by atoms with Gasteiger partial charge in [-0.3, -0.25) is 4.79 Å². The molecule has 104 valence electrons. The van der Waals surface area contributed by atoms with Gasteiger partial charge in [0.1, 0.15) is 5.75 Å². The summed E-state index contributed by atoms with van der Waals surface area (Å²) in [4.78, 5) is 14.5. The van der Waals surface area contributed by atoms with Crippen LogP contribution in [-0.4, -0.2) is 22.0 Å². The van der Waals surface area contributed by atoms with Crippen LogP contribution in [0.25, 0.3) is 0 Å². The minimum absolute atomic E-state index is 0.0593. The number of phenolic OH excluding ortho intramolecular Hbond substituents is 1. The first-order valence-corrected chi connectivity index (χ1v) is 7.78. The molecular weight excluding hydrogens is 294 g/mol. The van der Waals surface area contributed by atoms with Crippen molar-refractivity contribution in [1.29, 1.82) is 0 Å². The second-order valence-corrected chi connectivity index (χ2v) is 6.15. The van der Waals surface area contributed by atoms with Crippen molar-refractivity contribution in [2.24, 2.45) is 0 Å². The van der Waals surface area contributed by atoms with E-state index in [-0.39, 0.29) is 11.7 Å². The molecule has 20 heavy (non-hydrogen) atoms. The monoisotopic (exact) mass is 307 g/mol. The summed E-state index contributed by atoms with van der Waals surface area (Å²) in [5.41, 5.74) is 1.50. The van der Waals surface area contributed by atoms with Gasteiger partial charge in [-0.1, -0.05) is 11.6 Å². The molecular formula is C15H14ClNO2S. The van der Waals surface area contributed by atoms with Crippen LogP contribution < -0.4 is 0 Å². The van der Waals surface area contributed by atoms with Crippen molar-refractivity contribution in [3.05, 3.63) is 51.2 Å². The molecule has 3 rings (SSSR count). The molecule has 0 unspecified atom stereocenters. The molecule has 0 atom stereocenters. The van der Waals surface area contributed by atoms with Gasteiger partial charge in [-0.2, -0.15) is 11.3 Å². The molecule has 0 spiro atoms. The number of halogens is 1. The molecule has 1 N–H and O–H groups in total. The first-order valence-electron chi connectivity index (χ1n) is 6.45. The van der Waals surface area contributed by atoms with E-state index in [1.165, 1.54) is 12.1 Å². The SMILES string of the molecule is O=C(c1cc(O)ccc1Cl)N(Cc1ccsc1)C1CC1. The highest BCUT2D eigenvalue weighted by atomic mass is 35.5. The Morgan fingerprint density at radius 3 is 2.85 bits per heavy atom. The van der Waals surface area contributed by atoms with Crippen LogP contribution in [0.2, 0.25) is 5.02 Å². The highest BCUT2D eigenvalue weighted by Crippen LogP contribution is 2.32. The number of carbonyl (C=O) groups excluding carboxylic acids is 1. The number of benzene rings is 1. The molecule has 1 saturated carbocycles. The van der Waals surface area contributed by atoms with Gasteiger partial charge in [-0.15, -0.1) is 0 Å². The molecule has 3 nitrogen and oxygen atoms in total. The van der Waals surface area contributed by atoms with Gasteiger partial charge in [0, 0.05) is 12.6 Å². The van der Waals surface area contributed by atoms with E-state index in [9.17, 15) is 9.90 Å². The lowest BCUT2D eigenvalue weighted by Crippen LogP contribution is -2.32. The summed E-state index contributed by atoms with van der Waals surface area (Å²) < 4.78 is 0. The van der Waals surface area contributed by atoms with E-state index in [4.69, 9.17) is 11.6 Å². The molecule has 0 saturated heterocycles. The summed E-state index contributed by atoms with van der Waals surface area (Å²) >= 11 is 7.71. The Morgan fingerprint density at radius 1 is 1.40 bits per heavy atom. The first kappa shape index (κ1) is 13.5. The zero-order chi connectivity index (χ0) is 14.1. The molecule has 1 fully saturated rings. The van der Waals surface area contributed by atoms with Crippen LogP contribution in [-0.2, 0) is 6.54 Å². The number of phenols is 1. The van der Waals surface area contributed by atoms with Crippen LogP contribution in [0.4, 0.5) is 0 Å². The van der Waals surface area contributed by atoms with E-state index in [2.05, 4.69) is 0 Å². The lowest BCUT2D eigenvalue weighted by molar-refractivity contribution is 0.0730. The standard InChI is InChI=1S/C15H14ClNO2S/c16-14-4-3-12(18)7-13(14)15(19)17(11-1-2-11)8-10-5-6-20-9-10/h3-7,9,11,18H,1-2,8H2. The molecule has 0 radical (unpaired) electrons. The summed E-state index contributed by atoms with van der Waals surface area (Å²) in [5.74, 6) is -0.0522. The minimum Gasteiger partial charge on any atom is -0.508 e. The molecule has 5 heteroatoms. The summed E-state index contributed by atoms with van der Waals surface area (Å²) in [6, 6.07) is 6.80. The number of aromatic hydroxyl groups is 1. The van der Waals surface area contributed by atoms with Gasteiger partial charge in [0.2, 0.25) is 0 Å². The van der Waals surface area contributed by atoms with Crippen molar-refractivity contribution in [2.75, 3.05) is 0 Å². The van der Waals surface area contributed by atoms with Gasteiger partial charge in [-0.25, -0.2) is 0 Å². The van der Waals surface area contributed by atoms with Crippen LogP contribution >= 0.6 is 22.9 Å². The molecule has 1 aromatic carbocycles. The molecule has 1 heterocycles. The van der Waals surface area contributed by atoms with Crippen molar-refractivity contribution in [3.63, 3.8) is 0 Å². The maximum Gasteiger partial charge on any atom is 0.256 e. The maximum absolute atomic E-state index is 12.7. The smallest absolute Gasteiger partial charge is 0.256 e. The summed E-state index contributed by atoms with van der Waals surface area (Å²) in [6.07, 6.45) is 2.07. The normalized spacial score (nSPS) is 14.2. The lowest BCUT2D eigenvalue weighted by atomic mass is 10.1. The van der Waals surface area contributed by atoms with Crippen molar-refractivity contribution < 1.29 is 9.90 Å². The van der Waals surface area contributed by atoms with E-state index in [0.29, 0.717) is 23.2 Å². The van der Waals surface area contributed by atoms with Crippen LogP contribution in [0.5, 0.6) is 5.75 Å². The van der Waals surface area contributed by atoms with Crippen LogP contribution in [0.15, 0.2) is 35.0 Å². The summed E-state index contributed by atoms with van der Waals surface area (Å²) in [6.45, 7) is 0.596. The molecule has 1 aromatic heterocycles. The lowest BCUT2D eigenvalue weighted by Gasteiger charge is -2.22. The van der Waals surface area contributed by atoms with Gasteiger partial charge in [0.15, 0.2) is 0 Å². The molecule has 2 aromatic rings. The highest BCUT2D eigenvalue weighted by Gasteiger charge is 2.33. The van der Waals surface area contributed by atoms with Gasteiger partial charge >= 0.3 is 0 Å². The Kier molecular flexibility index (Phi) is 3.68. The fraction of sp³-hybridized carbons (Fsp3) is 0.267. The Bertz CT molecular complexity index is 623. The Hall–Kier alpha value is -1.52. The third kappa shape index (κ3) is 2.81. The van der Waals surface area contributed by atoms with E-state index < -0.39 is 0 Å². The van der Waals surface area contributed by atoms with Crippen molar-refractivity contribution in [1.82, 2.24) is 4.90 Å². The number of rotatable bonds is 4. The second kappa shape index (κ2) is 5.46. The molecule has 0 aliphatic heterocycles. The third-order valence-corrected chi connectivity index (χ3v) is 4.42. The fourth-order valence-corrected chi connectivity index (χ4v) is 3.02. The average molecular weight is 308 g/mol. The number of carbonyl (C=O) groups is 1. The predicted molar refractivity (Wildman–Crippen MR) is 80.3 cm³/mol. The van der Waals surface area contributed by atoms with E-state index in [1.807, 2.05) is 21.7 Å². The predicted octanol–water partition coefficient (Wildman–Crippen LogP) is 3.91. The summed E-state index contributed by atoms with van der Waals surface area (Å²) in [7, 11) is 0. The molecule has 1 aliphatic rings. The first-order chi connectivity index (χ1) is 9.65. The zero-order valence-corrected chi connectivity index (χ0v) is 12.3. The second-order valence-electron chi connectivity index (χ2n) is 4.96. The topological polar surface area (TPSA) is 40.5 Å². The van der Waals surface area contributed by atoms with Crippen LogP contribution in [0.1, 0.15) is 28.8 Å². The quantitative estimate of drug-likeness (QED) is 0.930. The molecule has 0 bridgehead atoms. The fourth-order valence-electron chi connectivity index (χ4n) is 2.16. The zero-order valence-electron chi connectivity index (χ0n) is 10.8. The summed E-state index contributed by atoms with van der Waals surface area (Å²) in [5, 5.41) is 14.0. The van der Waals surface area contributed by atoms with Crippen LogP contribution in [0, 0.1) is 0 Å². The van der Waals surface area contributed by atoms with Crippen molar-refractivity contribution >= 4 is 28.8 Å². The Morgan fingerprint density at radius 2 is 2.20 bits per heavy atom. The number of hydrogen-bond acceptors (Lipinski definition) is 3. The minimum atomic E-state index is -0.111. The van der Waals surface area contributed by atoms with Gasteiger partial charge in [-0.05, 0) is 53.4 Å². The van der Waals surface area contributed by atoms with Gasteiger partial charge in [0.05, 0.1) is 10.6 Å². The number of amides is 1. The Balaban J connectivity index is 1.87.